The maximum atomic E-state index is 13.6. The Morgan fingerprint density at radius 2 is 0.793 bits per heavy atom. The van der Waals surface area contributed by atoms with E-state index in [1.165, 1.54) is 114 Å². The molecule has 0 saturated heterocycles. The van der Waals surface area contributed by atoms with Gasteiger partial charge in [-0.3, -0.25) is 14.4 Å². The van der Waals surface area contributed by atoms with Crippen LogP contribution in [0.1, 0.15) is 227 Å². The number of nitrogens with zero attached hydrogens (tertiary/aromatic N) is 2. The molecule has 0 aromatic rings. The zero-order valence-electron chi connectivity index (χ0n) is 38.5. The summed E-state index contributed by atoms with van der Waals surface area (Å²) in [6, 6.07) is 0. The van der Waals surface area contributed by atoms with E-state index in [0.717, 1.165) is 77.4 Å². The third-order valence-electron chi connectivity index (χ3n) is 11.1. The Hall–Kier alpha value is -1.36. The number of ether oxygens (including phenoxy) is 2. The van der Waals surface area contributed by atoms with Crippen molar-refractivity contribution in [1.29, 1.82) is 0 Å². The van der Waals surface area contributed by atoms with E-state index in [1.807, 2.05) is 4.90 Å². The van der Waals surface area contributed by atoms with Crippen molar-refractivity contribution in [3.63, 3.8) is 0 Å². The molecular weight excluding hydrogens is 749 g/mol. The van der Waals surface area contributed by atoms with E-state index in [2.05, 4.69) is 32.6 Å². The summed E-state index contributed by atoms with van der Waals surface area (Å²) in [6.07, 6.45) is 31.4. The lowest BCUT2D eigenvalue weighted by Crippen LogP contribution is -2.32. The van der Waals surface area contributed by atoms with Gasteiger partial charge in [-0.2, -0.15) is 0 Å². The Morgan fingerprint density at radius 3 is 1.14 bits per heavy atom. The van der Waals surface area contributed by atoms with Crippen LogP contribution in [0.4, 0.5) is 4.79 Å². The Balaban J connectivity index is 5.34. The maximum absolute atomic E-state index is 13.6. The molecule has 0 unspecified atom stereocenters. The first kappa shape index (κ1) is 56.6. The molecule has 0 saturated carbocycles. The minimum absolute atomic E-state index is 0.0203. The fourth-order valence-electron chi connectivity index (χ4n) is 7.50. The summed E-state index contributed by atoms with van der Waals surface area (Å²) in [5.74, 6) is 0.318. The molecule has 0 bridgehead atoms. The number of carbonyl (C=O) groups is 3. The summed E-state index contributed by atoms with van der Waals surface area (Å²) in [6.45, 7) is 12.4. The number of rotatable bonds is 44. The van der Waals surface area contributed by atoms with Crippen molar-refractivity contribution >= 4 is 28.9 Å². The number of hydrogen-bond donors (Lipinski definition) is 2. The number of thioether (sulfide) groups is 1. The van der Waals surface area contributed by atoms with Crippen molar-refractivity contribution in [2.75, 3.05) is 51.7 Å². The second kappa shape index (κ2) is 43.7. The number of hydrogen-bond acceptors (Lipinski definition) is 9. The van der Waals surface area contributed by atoms with Crippen LogP contribution in [0.15, 0.2) is 0 Å². The smallest absolute Gasteiger partial charge is 0.306 e. The highest BCUT2D eigenvalue weighted by Crippen LogP contribution is 2.20. The average Bonchev–Trinajstić information content (AvgIpc) is 3.21. The lowest BCUT2D eigenvalue weighted by atomic mass is 10.0. The molecule has 58 heavy (non-hydrogen) atoms. The Labute approximate surface area is 362 Å². The minimum Gasteiger partial charge on any atom is -0.462 e. The number of aliphatic hydroxyl groups excluding tert-OH is 2. The highest BCUT2D eigenvalue weighted by atomic mass is 32.2. The van der Waals surface area contributed by atoms with Gasteiger partial charge in [-0.15, -0.1) is 0 Å². The van der Waals surface area contributed by atoms with Crippen molar-refractivity contribution < 1.29 is 34.1 Å². The van der Waals surface area contributed by atoms with E-state index in [-0.39, 0.29) is 55.4 Å². The van der Waals surface area contributed by atoms with E-state index in [4.69, 9.17) is 9.47 Å². The van der Waals surface area contributed by atoms with E-state index >= 15 is 0 Å². The summed E-state index contributed by atoms with van der Waals surface area (Å²) in [5, 5.41) is 18.6. The van der Waals surface area contributed by atoms with E-state index in [1.54, 1.807) is 0 Å². The summed E-state index contributed by atoms with van der Waals surface area (Å²) in [7, 11) is 0. The lowest BCUT2D eigenvalue weighted by Gasteiger charge is -2.24. The first-order valence-electron chi connectivity index (χ1n) is 24.6. The standard InChI is InChI=1S/C48H94N2O7S/c1-5-9-13-17-21-30-44(31-22-18-14-10-6-2)56-46(53)34-25-39-50(48(55)58-43-29-38-49(36-27-41-51)37-28-42-52)40-26-35-47(54)57-45(32-23-19-15-11-7-3)33-24-20-16-12-8-4/h44-45,51-52H,5-43H2,1-4H3. The van der Waals surface area contributed by atoms with Crippen LogP contribution in [0, 0.1) is 0 Å². The summed E-state index contributed by atoms with van der Waals surface area (Å²) < 4.78 is 12.1. The molecule has 0 radical (unpaired) electrons. The van der Waals surface area contributed by atoms with Gasteiger partial charge in [0, 0.05) is 58.0 Å². The van der Waals surface area contributed by atoms with Gasteiger partial charge in [-0.1, -0.05) is 142 Å². The second-order valence-electron chi connectivity index (χ2n) is 16.7. The second-order valence-corrected chi connectivity index (χ2v) is 17.7. The first-order valence-corrected chi connectivity index (χ1v) is 25.6. The predicted molar refractivity (Wildman–Crippen MR) is 246 cm³/mol. The average molecular weight is 843 g/mol. The van der Waals surface area contributed by atoms with Gasteiger partial charge in [0.05, 0.1) is 0 Å². The molecule has 0 aliphatic rings. The van der Waals surface area contributed by atoms with Crippen LogP contribution in [0.2, 0.25) is 0 Å². The molecule has 2 N–H and O–H groups in total. The SMILES string of the molecule is CCCCCCCC(CCCCCCC)OC(=O)CCCN(CCCC(=O)OC(CCCCCCC)CCCCCCC)C(=O)SCCCN(CCCO)CCCO. The molecule has 0 spiro atoms. The molecule has 0 aliphatic carbocycles. The molecule has 0 heterocycles. The van der Waals surface area contributed by atoms with Gasteiger partial charge in [0.15, 0.2) is 0 Å². The summed E-state index contributed by atoms with van der Waals surface area (Å²) in [5.41, 5.74) is 0. The van der Waals surface area contributed by atoms with Gasteiger partial charge < -0.3 is 29.5 Å². The largest absolute Gasteiger partial charge is 0.462 e. The van der Waals surface area contributed by atoms with Crippen molar-refractivity contribution in [1.82, 2.24) is 9.80 Å². The quantitative estimate of drug-likeness (QED) is 0.0457. The zero-order valence-corrected chi connectivity index (χ0v) is 39.3. The van der Waals surface area contributed by atoms with Gasteiger partial charge >= 0.3 is 11.9 Å². The first-order chi connectivity index (χ1) is 28.3. The zero-order chi connectivity index (χ0) is 42.7. The van der Waals surface area contributed by atoms with Crippen LogP contribution in [0.3, 0.4) is 0 Å². The van der Waals surface area contributed by atoms with E-state index in [0.29, 0.717) is 44.5 Å². The Kier molecular flexibility index (Phi) is 42.7. The monoisotopic (exact) mass is 843 g/mol. The molecule has 0 aliphatic heterocycles. The summed E-state index contributed by atoms with van der Waals surface area (Å²) in [4.78, 5) is 43.9. The number of carbonyl (C=O) groups excluding carboxylic acids is 3. The van der Waals surface area contributed by atoms with E-state index in [9.17, 15) is 24.6 Å². The number of aliphatic hydroxyl groups is 2. The van der Waals surface area contributed by atoms with Crippen LogP contribution in [-0.2, 0) is 19.1 Å². The number of amides is 1. The van der Waals surface area contributed by atoms with Crippen LogP contribution in [0.25, 0.3) is 0 Å². The minimum atomic E-state index is -0.169. The molecule has 9 nitrogen and oxygen atoms in total. The fourth-order valence-corrected chi connectivity index (χ4v) is 8.32. The third-order valence-corrected chi connectivity index (χ3v) is 12.1. The molecule has 0 aromatic carbocycles. The molecule has 0 rings (SSSR count). The van der Waals surface area contributed by atoms with Crippen molar-refractivity contribution in [3.05, 3.63) is 0 Å². The highest BCUT2D eigenvalue weighted by molar-refractivity contribution is 8.13. The van der Waals surface area contributed by atoms with Crippen molar-refractivity contribution in [2.24, 2.45) is 0 Å². The molecule has 0 atom stereocenters. The molecule has 1 amide bonds. The molecule has 0 fully saturated rings. The molecular formula is C48H94N2O7S. The molecule has 0 aromatic heterocycles. The van der Waals surface area contributed by atoms with Crippen LogP contribution in [-0.4, -0.2) is 101 Å². The van der Waals surface area contributed by atoms with Gasteiger partial charge in [0.25, 0.3) is 5.24 Å². The Morgan fingerprint density at radius 1 is 0.448 bits per heavy atom. The van der Waals surface area contributed by atoms with Gasteiger partial charge in [-0.05, 0) is 90.0 Å². The van der Waals surface area contributed by atoms with Crippen LogP contribution < -0.4 is 0 Å². The number of unbranched alkanes of at least 4 members (excludes halogenated alkanes) is 16. The lowest BCUT2D eigenvalue weighted by molar-refractivity contribution is -0.150. The Bertz CT molecular complexity index is 839. The normalized spacial score (nSPS) is 11.6. The maximum Gasteiger partial charge on any atom is 0.306 e. The highest BCUT2D eigenvalue weighted by Gasteiger charge is 2.20. The summed E-state index contributed by atoms with van der Waals surface area (Å²) >= 11 is 1.30. The third kappa shape index (κ3) is 36.5. The van der Waals surface area contributed by atoms with Gasteiger partial charge in [0.1, 0.15) is 12.2 Å². The fraction of sp³-hybridized carbons (Fsp3) is 0.938. The predicted octanol–water partition coefficient (Wildman–Crippen LogP) is 12.4. The van der Waals surface area contributed by atoms with Gasteiger partial charge in [0.2, 0.25) is 0 Å². The van der Waals surface area contributed by atoms with Crippen LogP contribution >= 0.6 is 11.8 Å². The topological polar surface area (TPSA) is 117 Å². The number of esters is 2. The van der Waals surface area contributed by atoms with E-state index < -0.39 is 0 Å². The van der Waals surface area contributed by atoms with Gasteiger partial charge in [-0.25, -0.2) is 0 Å². The van der Waals surface area contributed by atoms with Crippen LogP contribution in [0.5, 0.6) is 0 Å². The molecule has 10 heteroatoms. The van der Waals surface area contributed by atoms with Crippen molar-refractivity contribution in [2.45, 2.75) is 239 Å². The molecule has 344 valence electrons. The van der Waals surface area contributed by atoms with Crippen molar-refractivity contribution in [3.8, 4) is 0 Å².